The van der Waals surface area contributed by atoms with Gasteiger partial charge in [-0.2, -0.15) is 0 Å². The minimum absolute atomic E-state index is 0.0598. The normalized spacial score (nSPS) is 11.6. The number of benzene rings is 10. The molecule has 0 saturated heterocycles. The second-order valence-electron chi connectivity index (χ2n) is 16.8. The summed E-state index contributed by atoms with van der Waals surface area (Å²) in [6.45, 7) is 0. The lowest BCUT2D eigenvalue weighted by molar-refractivity contribution is 0.460. The van der Waals surface area contributed by atoms with Gasteiger partial charge in [-0.3, -0.25) is 0 Å². The number of sulfone groups is 3. The van der Waals surface area contributed by atoms with Crippen molar-refractivity contribution in [1.29, 1.82) is 0 Å². The van der Waals surface area contributed by atoms with Crippen LogP contribution in [0.3, 0.4) is 0 Å². The van der Waals surface area contributed by atoms with E-state index in [9.17, 15) is 25.3 Å². The lowest BCUT2D eigenvalue weighted by atomic mass is 10.3. The molecule has 10 aromatic rings. The second-order valence-corrected chi connectivity index (χ2v) is 24.5. The second kappa shape index (κ2) is 22.6. The Morgan fingerprint density at radius 3 is 0.558 bits per heavy atom. The van der Waals surface area contributed by atoms with Crippen LogP contribution in [0.2, 0.25) is 0 Å². The molecule has 0 aliphatic rings. The number of ether oxygens (including phenoxy) is 6. The molecule has 17 heteroatoms. The van der Waals surface area contributed by atoms with Crippen molar-refractivity contribution in [3.63, 3.8) is 0 Å². The number of hydrogen-bond donors (Lipinski definition) is 0. The molecule has 0 unspecified atom stereocenters. The summed E-state index contributed by atoms with van der Waals surface area (Å²) in [7, 11) is -11.5. The van der Waals surface area contributed by atoms with Gasteiger partial charge in [0, 0.05) is 15.0 Å². The quantitative estimate of drug-likeness (QED) is 0.0802. The van der Waals surface area contributed by atoms with Crippen molar-refractivity contribution in [2.45, 2.75) is 29.4 Å². The first kappa shape index (κ1) is 52.3. The summed E-state index contributed by atoms with van der Waals surface area (Å²) >= 11 is 6.78. The first-order valence-corrected chi connectivity index (χ1v) is 29.3. The van der Waals surface area contributed by atoms with Gasteiger partial charge in [0.15, 0.2) is 0 Å². The van der Waals surface area contributed by atoms with Gasteiger partial charge in [0.1, 0.15) is 69.0 Å². The van der Waals surface area contributed by atoms with Gasteiger partial charge < -0.3 is 28.4 Å². The van der Waals surface area contributed by atoms with E-state index in [2.05, 4.69) is 31.9 Å². The SMILES string of the molecule is O=S(=O)(c1ccc(Oc2ccc(Br)cc2)cc1)c1ccc(Oc2ccc(Oc3ccc(S(=O)(=O)c4ccc(Oc5cccc(Oc6ccc(S(=O)(=O)c7ccc(Oc8ccc(Br)cc8)cc7)cc6)c5)cc4)cc3)cc2)cc1. The summed E-state index contributed by atoms with van der Waals surface area (Å²) in [6, 6.07) is 64.9. The summed E-state index contributed by atoms with van der Waals surface area (Å²) in [6.07, 6.45) is 0. The third kappa shape index (κ3) is 12.7. The highest BCUT2D eigenvalue weighted by molar-refractivity contribution is 9.10. The topological polar surface area (TPSA) is 158 Å². The lowest BCUT2D eigenvalue weighted by Gasteiger charge is -2.11. The van der Waals surface area contributed by atoms with Gasteiger partial charge in [-0.1, -0.05) is 37.9 Å². The van der Waals surface area contributed by atoms with Crippen molar-refractivity contribution in [2.24, 2.45) is 0 Å². The molecule has 0 N–H and O–H groups in total. The van der Waals surface area contributed by atoms with E-state index in [1.807, 2.05) is 24.3 Å². The van der Waals surface area contributed by atoms with E-state index >= 15 is 0 Å². The van der Waals surface area contributed by atoms with Crippen LogP contribution in [0, 0.1) is 0 Å². The maximum atomic E-state index is 13.6. The fraction of sp³-hybridized carbons (Fsp3) is 0. The van der Waals surface area contributed by atoms with E-state index < -0.39 is 29.5 Å². The predicted octanol–water partition coefficient (Wildman–Crippen LogP) is 16.5. The van der Waals surface area contributed by atoms with Crippen LogP contribution in [-0.4, -0.2) is 25.3 Å². The molecule has 0 amide bonds. The van der Waals surface area contributed by atoms with Gasteiger partial charge in [-0.05, 0) is 231 Å². The molecule has 12 nitrogen and oxygen atoms in total. The summed E-state index contributed by atoms with van der Waals surface area (Å²) in [4.78, 5) is 0.560. The lowest BCUT2D eigenvalue weighted by Crippen LogP contribution is -2.02. The molecule has 0 radical (unpaired) electrons. The molecule has 0 aliphatic heterocycles. The molecule has 10 aromatic carbocycles. The first-order valence-electron chi connectivity index (χ1n) is 23.3. The zero-order chi connectivity index (χ0) is 53.6. The summed E-state index contributed by atoms with van der Waals surface area (Å²) < 4.78 is 118. The highest BCUT2D eigenvalue weighted by Crippen LogP contribution is 2.35. The Hall–Kier alpha value is -8.19. The summed E-state index contributed by atoms with van der Waals surface area (Å²) in [5.41, 5.74) is 0. The van der Waals surface area contributed by atoms with Crippen LogP contribution in [0.5, 0.6) is 69.0 Å². The Balaban J connectivity index is 0.698. The van der Waals surface area contributed by atoms with E-state index in [-0.39, 0.29) is 29.4 Å². The van der Waals surface area contributed by atoms with Crippen molar-refractivity contribution >= 4 is 61.4 Å². The highest BCUT2D eigenvalue weighted by atomic mass is 79.9. The van der Waals surface area contributed by atoms with Crippen molar-refractivity contribution in [2.75, 3.05) is 0 Å². The molecule has 10 rings (SSSR count). The maximum absolute atomic E-state index is 13.6. The van der Waals surface area contributed by atoms with Gasteiger partial charge >= 0.3 is 0 Å². The fourth-order valence-corrected chi connectivity index (χ4v) is 11.8. The third-order valence-electron chi connectivity index (χ3n) is 11.5. The molecule has 0 heterocycles. The molecule has 384 valence electrons. The predicted molar refractivity (Wildman–Crippen MR) is 297 cm³/mol. The molecule has 0 saturated carbocycles. The van der Waals surface area contributed by atoms with Gasteiger partial charge in [-0.15, -0.1) is 0 Å². The van der Waals surface area contributed by atoms with Crippen LogP contribution in [0.25, 0.3) is 0 Å². The summed E-state index contributed by atoms with van der Waals surface area (Å²) in [5, 5.41) is 0. The number of rotatable bonds is 18. The molecular weight excluding hydrogens is 1170 g/mol. The molecular formula is C60H40Br2O12S3. The molecule has 0 bridgehead atoms. The Morgan fingerprint density at radius 1 is 0.208 bits per heavy atom. The van der Waals surface area contributed by atoms with E-state index in [1.165, 1.54) is 72.8 Å². The van der Waals surface area contributed by atoms with Crippen LogP contribution in [0.15, 0.2) is 281 Å². The Bertz CT molecular complexity index is 4020. The summed E-state index contributed by atoms with van der Waals surface area (Å²) in [5.74, 6) is 5.66. The molecule has 0 aliphatic carbocycles. The van der Waals surface area contributed by atoms with Crippen LogP contribution in [0.1, 0.15) is 0 Å². The average molecular weight is 1210 g/mol. The standard InChI is InChI=1S/C60H40Br2O12S3/c61-41-4-8-43(9-5-41)69-47-16-28-55(29-17-47)75(63,64)57-32-20-49(21-33-57)71-45-12-14-46(15-13-45)72-50-22-34-58(35-23-50)77(67,68)60-38-26-52(27-39-60)74-54-3-1-2-53(40-54)73-51-24-36-59(37-25-51)76(65,66)56-30-18-48(19-31-56)70-44-10-6-42(62)7-11-44/h1-40H. The van der Waals surface area contributed by atoms with E-state index in [0.29, 0.717) is 69.0 Å². The molecule has 0 fully saturated rings. The zero-order valence-electron chi connectivity index (χ0n) is 40.0. The molecule has 0 aromatic heterocycles. The van der Waals surface area contributed by atoms with E-state index in [0.717, 1.165) is 8.95 Å². The molecule has 77 heavy (non-hydrogen) atoms. The van der Waals surface area contributed by atoms with E-state index in [1.54, 1.807) is 146 Å². The van der Waals surface area contributed by atoms with Crippen LogP contribution in [0.4, 0.5) is 0 Å². The first-order chi connectivity index (χ1) is 37.1. The largest absolute Gasteiger partial charge is 0.457 e. The monoisotopic (exact) mass is 1210 g/mol. The third-order valence-corrected chi connectivity index (χ3v) is 17.9. The van der Waals surface area contributed by atoms with Gasteiger partial charge in [0.2, 0.25) is 29.5 Å². The fourth-order valence-electron chi connectivity index (χ4n) is 7.53. The average Bonchev–Trinajstić information content (AvgIpc) is 3.45. The van der Waals surface area contributed by atoms with Crippen LogP contribution < -0.4 is 28.4 Å². The molecule has 0 atom stereocenters. The van der Waals surface area contributed by atoms with Crippen molar-refractivity contribution in [3.05, 3.63) is 252 Å². The van der Waals surface area contributed by atoms with Crippen LogP contribution >= 0.6 is 31.9 Å². The Kier molecular flexibility index (Phi) is 15.3. The Morgan fingerprint density at radius 2 is 0.364 bits per heavy atom. The van der Waals surface area contributed by atoms with Crippen molar-refractivity contribution in [3.8, 4) is 69.0 Å². The van der Waals surface area contributed by atoms with Gasteiger partial charge in [-0.25, -0.2) is 25.3 Å². The zero-order valence-corrected chi connectivity index (χ0v) is 45.6. The van der Waals surface area contributed by atoms with Crippen LogP contribution in [-0.2, 0) is 29.5 Å². The van der Waals surface area contributed by atoms with Crippen molar-refractivity contribution in [1.82, 2.24) is 0 Å². The smallest absolute Gasteiger partial charge is 0.206 e. The maximum Gasteiger partial charge on any atom is 0.206 e. The minimum Gasteiger partial charge on any atom is -0.457 e. The van der Waals surface area contributed by atoms with Gasteiger partial charge in [0.05, 0.1) is 29.4 Å². The van der Waals surface area contributed by atoms with Gasteiger partial charge in [0.25, 0.3) is 0 Å². The molecule has 0 spiro atoms. The van der Waals surface area contributed by atoms with E-state index in [4.69, 9.17) is 28.4 Å². The number of halogens is 2. The number of hydrogen-bond acceptors (Lipinski definition) is 12. The Labute approximate surface area is 461 Å². The minimum atomic E-state index is -3.91. The highest BCUT2D eigenvalue weighted by Gasteiger charge is 2.21. The van der Waals surface area contributed by atoms with Crippen molar-refractivity contribution < 1.29 is 53.7 Å².